The Morgan fingerprint density at radius 2 is 2.04 bits per heavy atom. The molecule has 1 amide bonds. The number of ether oxygens (including phenoxy) is 2. The highest BCUT2D eigenvalue weighted by Crippen LogP contribution is 2.35. The molecule has 4 rings (SSSR count). The third-order valence-corrected chi connectivity index (χ3v) is 4.41. The van der Waals surface area contributed by atoms with Crippen molar-refractivity contribution in [3.05, 3.63) is 53.7 Å². The average Bonchev–Trinajstić information content (AvgIpc) is 3.39. The smallest absolute Gasteiger partial charge is 0.247 e. The summed E-state index contributed by atoms with van der Waals surface area (Å²) in [6.07, 6.45) is 3.40. The highest BCUT2D eigenvalue weighted by molar-refractivity contribution is 5.76. The molecule has 0 saturated carbocycles. The fourth-order valence-corrected chi connectivity index (χ4v) is 2.77. The number of hydrogen-bond donors (Lipinski definition) is 1. The van der Waals surface area contributed by atoms with Gasteiger partial charge in [-0.25, -0.2) is 0 Å². The van der Waals surface area contributed by atoms with Gasteiger partial charge in [0.15, 0.2) is 11.5 Å². The molecule has 0 unspecified atom stereocenters. The number of fused-ring (bicyclic) bond motifs is 1. The number of hydrogen-bond acceptors (Lipinski definition) is 7. The van der Waals surface area contributed by atoms with Gasteiger partial charge in [-0.3, -0.25) is 9.78 Å². The first kappa shape index (κ1) is 18.0. The molecule has 0 radical (unpaired) electrons. The third-order valence-electron chi connectivity index (χ3n) is 4.41. The molecule has 1 aromatic carbocycles. The van der Waals surface area contributed by atoms with Crippen LogP contribution in [-0.4, -0.2) is 27.9 Å². The highest BCUT2D eigenvalue weighted by atomic mass is 16.7. The molecule has 3 heterocycles. The summed E-state index contributed by atoms with van der Waals surface area (Å²) in [6.45, 7) is 2.68. The molecule has 1 aliphatic heterocycles. The molecule has 0 spiro atoms. The van der Waals surface area contributed by atoms with Crippen molar-refractivity contribution >= 4 is 5.91 Å². The molecule has 0 bridgehead atoms. The maximum Gasteiger partial charge on any atom is 0.247 e. The van der Waals surface area contributed by atoms with E-state index in [1.54, 1.807) is 12.1 Å². The number of benzene rings is 1. The summed E-state index contributed by atoms with van der Waals surface area (Å²) >= 11 is 0. The molecule has 3 aromatic rings. The Kier molecular flexibility index (Phi) is 5.18. The molecule has 0 atom stereocenters. The molecule has 8 nitrogen and oxygen atoms in total. The number of carbonyl (C=O) groups excluding carboxylic acids is 1. The van der Waals surface area contributed by atoms with Crippen LogP contribution in [0.4, 0.5) is 0 Å². The van der Waals surface area contributed by atoms with Crippen LogP contribution < -0.4 is 14.8 Å². The van der Waals surface area contributed by atoms with Crippen molar-refractivity contribution in [2.24, 2.45) is 0 Å². The average molecular weight is 380 g/mol. The first-order valence-corrected chi connectivity index (χ1v) is 9.14. The van der Waals surface area contributed by atoms with E-state index in [4.69, 9.17) is 13.9 Å². The van der Waals surface area contributed by atoms with E-state index in [-0.39, 0.29) is 19.1 Å². The first-order valence-electron chi connectivity index (χ1n) is 9.14. The lowest BCUT2D eigenvalue weighted by Gasteiger charge is -2.04. The summed E-state index contributed by atoms with van der Waals surface area (Å²) < 4.78 is 16.3. The van der Waals surface area contributed by atoms with Crippen molar-refractivity contribution in [3.63, 3.8) is 0 Å². The zero-order chi connectivity index (χ0) is 19.3. The van der Waals surface area contributed by atoms with Crippen LogP contribution >= 0.6 is 0 Å². The zero-order valence-electron chi connectivity index (χ0n) is 15.5. The summed E-state index contributed by atoms with van der Waals surface area (Å²) in [7, 11) is 0. The van der Waals surface area contributed by atoms with Crippen molar-refractivity contribution in [1.29, 1.82) is 0 Å². The molecular formula is C20H20N4O4. The number of amides is 1. The molecule has 2 aromatic heterocycles. The van der Waals surface area contributed by atoms with Crippen LogP contribution in [0.2, 0.25) is 0 Å². The fraction of sp³-hybridized carbons (Fsp3) is 0.300. The van der Waals surface area contributed by atoms with E-state index in [0.29, 0.717) is 36.2 Å². The van der Waals surface area contributed by atoms with Gasteiger partial charge in [0.2, 0.25) is 24.5 Å². The van der Waals surface area contributed by atoms with Crippen LogP contribution in [0.3, 0.4) is 0 Å². The van der Waals surface area contributed by atoms with Gasteiger partial charge in [-0.05, 0) is 36.2 Å². The molecule has 28 heavy (non-hydrogen) atoms. The lowest BCUT2D eigenvalue weighted by molar-refractivity contribution is -0.121. The van der Waals surface area contributed by atoms with Crippen LogP contribution in [0.25, 0.3) is 11.5 Å². The number of aryl methyl sites for hydroxylation is 2. The number of rotatable bonds is 7. The first-order chi connectivity index (χ1) is 13.7. The zero-order valence-corrected chi connectivity index (χ0v) is 15.5. The molecule has 144 valence electrons. The Morgan fingerprint density at radius 1 is 1.14 bits per heavy atom. The van der Waals surface area contributed by atoms with Gasteiger partial charge in [-0.2, -0.15) is 0 Å². The molecule has 8 heteroatoms. The predicted octanol–water partition coefficient (Wildman–Crippen LogP) is 2.67. The fourth-order valence-electron chi connectivity index (χ4n) is 2.77. The SMILES string of the molecule is CCc1ccc(CNC(=O)CCc2nnc(-c3ccc4c(c3)OCO4)o2)nc1. The minimum Gasteiger partial charge on any atom is -0.454 e. The molecular weight excluding hydrogens is 360 g/mol. The van der Waals surface area contributed by atoms with Gasteiger partial charge in [0.25, 0.3) is 0 Å². The minimum absolute atomic E-state index is 0.0933. The van der Waals surface area contributed by atoms with Gasteiger partial charge in [-0.15, -0.1) is 10.2 Å². The lowest BCUT2D eigenvalue weighted by Crippen LogP contribution is -2.23. The summed E-state index contributed by atoms with van der Waals surface area (Å²) in [5.74, 6) is 2.04. The Morgan fingerprint density at radius 3 is 2.86 bits per heavy atom. The van der Waals surface area contributed by atoms with Gasteiger partial charge in [0, 0.05) is 24.6 Å². The largest absolute Gasteiger partial charge is 0.454 e. The monoisotopic (exact) mass is 380 g/mol. The van der Waals surface area contributed by atoms with E-state index in [0.717, 1.165) is 17.7 Å². The van der Waals surface area contributed by atoms with Crippen LogP contribution in [0.1, 0.15) is 30.5 Å². The van der Waals surface area contributed by atoms with Crippen LogP contribution in [0, 0.1) is 0 Å². The Balaban J connectivity index is 1.28. The maximum atomic E-state index is 12.1. The van der Waals surface area contributed by atoms with Crippen molar-refractivity contribution in [2.45, 2.75) is 32.7 Å². The topological polar surface area (TPSA) is 99.4 Å². The summed E-state index contributed by atoms with van der Waals surface area (Å²) in [5, 5.41) is 10.9. The van der Waals surface area contributed by atoms with Gasteiger partial charge in [-0.1, -0.05) is 13.0 Å². The summed E-state index contributed by atoms with van der Waals surface area (Å²) in [4.78, 5) is 16.4. The normalized spacial score (nSPS) is 12.2. The van der Waals surface area contributed by atoms with Gasteiger partial charge >= 0.3 is 0 Å². The predicted molar refractivity (Wildman–Crippen MR) is 99.6 cm³/mol. The molecule has 0 fully saturated rings. The van der Waals surface area contributed by atoms with Gasteiger partial charge < -0.3 is 19.2 Å². The minimum atomic E-state index is -0.0933. The number of pyridine rings is 1. The van der Waals surface area contributed by atoms with Crippen LogP contribution in [0.15, 0.2) is 40.9 Å². The van der Waals surface area contributed by atoms with E-state index >= 15 is 0 Å². The second kappa shape index (κ2) is 8.08. The van der Waals surface area contributed by atoms with E-state index in [1.165, 1.54) is 5.56 Å². The van der Waals surface area contributed by atoms with Crippen molar-refractivity contribution in [1.82, 2.24) is 20.5 Å². The number of nitrogens with zero attached hydrogens (tertiary/aromatic N) is 3. The summed E-state index contributed by atoms with van der Waals surface area (Å²) in [5.41, 5.74) is 2.74. The Hall–Kier alpha value is -3.42. The van der Waals surface area contributed by atoms with E-state index in [9.17, 15) is 4.79 Å². The van der Waals surface area contributed by atoms with Crippen molar-refractivity contribution in [3.8, 4) is 23.0 Å². The maximum absolute atomic E-state index is 12.1. The summed E-state index contributed by atoms with van der Waals surface area (Å²) in [6, 6.07) is 9.37. The van der Waals surface area contributed by atoms with E-state index < -0.39 is 0 Å². The number of carbonyl (C=O) groups is 1. The van der Waals surface area contributed by atoms with E-state index in [1.807, 2.05) is 24.4 Å². The van der Waals surface area contributed by atoms with Crippen LogP contribution in [-0.2, 0) is 24.2 Å². The third kappa shape index (κ3) is 4.11. The molecule has 1 aliphatic rings. The molecule has 0 aliphatic carbocycles. The molecule has 1 N–H and O–H groups in total. The standard InChI is InChI=1S/C20H20N4O4/c1-2-13-3-5-15(21-10-13)11-22-18(25)7-8-19-23-24-20(28-19)14-4-6-16-17(9-14)27-12-26-16/h3-6,9-10H,2,7-8,11-12H2,1H3,(H,22,25). The van der Waals surface area contributed by atoms with Crippen LogP contribution in [0.5, 0.6) is 11.5 Å². The van der Waals surface area contributed by atoms with Crippen molar-refractivity contribution in [2.75, 3.05) is 6.79 Å². The number of nitrogens with one attached hydrogen (secondary N) is 1. The van der Waals surface area contributed by atoms with E-state index in [2.05, 4.69) is 27.4 Å². The van der Waals surface area contributed by atoms with Crippen molar-refractivity contribution < 1.29 is 18.7 Å². The Labute approximate surface area is 161 Å². The highest BCUT2D eigenvalue weighted by Gasteiger charge is 2.17. The second-order valence-electron chi connectivity index (χ2n) is 6.36. The van der Waals surface area contributed by atoms with Gasteiger partial charge in [0.05, 0.1) is 12.2 Å². The lowest BCUT2D eigenvalue weighted by atomic mass is 10.2. The Bertz CT molecular complexity index is 969. The molecule has 0 saturated heterocycles. The second-order valence-corrected chi connectivity index (χ2v) is 6.36. The van der Waals surface area contributed by atoms with Gasteiger partial charge in [0.1, 0.15) is 0 Å². The quantitative estimate of drug-likeness (QED) is 0.673. The number of aromatic nitrogens is 3.